The van der Waals surface area contributed by atoms with Crippen molar-refractivity contribution in [2.75, 3.05) is 12.4 Å². The predicted octanol–water partition coefficient (Wildman–Crippen LogP) is 5.27. The van der Waals surface area contributed by atoms with Crippen molar-refractivity contribution >= 4 is 22.4 Å². The number of ether oxygens (including phenoxy) is 3. The van der Waals surface area contributed by atoms with Gasteiger partial charge >= 0.3 is 13.2 Å². The van der Waals surface area contributed by atoms with Crippen LogP contribution in [0.3, 0.4) is 0 Å². The number of halogens is 4. The van der Waals surface area contributed by atoms with Crippen molar-refractivity contribution < 1.29 is 36.6 Å². The average molecular weight is 442 g/mol. The number of nitrogens with one attached hydrogen (secondary N) is 1. The molecule has 1 amide bonds. The predicted molar refractivity (Wildman–Crippen MR) is 102 cm³/mol. The van der Waals surface area contributed by atoms with Crippen molar-refractivity contribution in [1.82, 2.24) is 4.98 Å². The molecule has 30 heavy (non-hydrogen) atoms. The van der Waals surface area contributed by atoms with Crippen LogP contribution >= 0.6 is 11.3 Å². The van der Waals surface area contributed by atoms with E-state index in [4.69, 9.17) is 4.74 Å². The molecule has 2 aromatic carbocycles. The van der Waals surface area contributed by atoms with Crippen LogP contribution in [0, 0.1) is 0 Å². The van der Waals surface area contributed by atoms with Gasteiger partial charge in [0.1, 0.15) is 5.75 Å². The van der Waals surface area contributed by atoms with Crippen LogP contribution in [0.5, 0.6) is 17.2 Å². The summed E-state index contributed by atoms with van der Waals surface area (Å²) in [5.41, 5.74) is 0.793. The zero-order valence-electron chi connectivity index (χ0n) is 15.3. The van der Waals surface area contributed by atoms with E-state index in [-0.39, 0.29) is 27.9 Å². The number of carbonyl (C=O) groups is 1. The maximum Gasteiger partial charge on any atom is 0.387 e. The van der Waals surface area contributed by atoms with Gasteiger partial charge in [0.05, 0.1) is 12.8 Å². The second kappa shape index (κ2) is 9.44. The highest BCUT2D eigenvalue weighted by Gasteiger charge is 2.17. The van der Waals surface area contributed by atoms with Crippen LogP contribution in [0.2, 0.25) is 0 Å². The summed E-state index contributed by atoms with van der Waals surface area (Å²) in [6.45, 7) is -6.03. The fourth-order valence-corrected chi connectivity index (χ4v) is 3.21. The lowest BCUT2D eigenvalue weighted by Gasteiger charge is -2.11. The third kappa shape index (κ3) is 5.17. The Kier molecular flexibility index (Phi) is 6.72. The van der Waals surface area contributed by atoms with Crippen molar-refractivity contribution in [3.05, 3.63) is 53.4 Å². The number of alkyl halides is 4. The molecule has 0 bridgehead atoms. The Balaban J connectivity index is 1.77. The third-order valence-electron chi connectivity index (χ3n) is 3.75. The van der Waals surface area contributed by atoms with Crippen molar-refractivity contribution in [2.24, 2.45) is 0 Å². The van der Waals surface area contributed by atoms with E-state index < -0.39 is 19.1 Å². The summed E-state index contributed by atoms with van der Waals surface area (Å²) in [6, 6.07) is 9.85. The molecule has 0 spiro atoms. The molecule has 1 aromatic heterocycles. The number of nitrogens with zero attached hydrogens (tertiary/aromatic N) is 1. The number of para-hydroxylation sites is 1. The first-order chi connectivity index (χ1) is 14.4. The molecule has 0 aliphatic heterocycles. The first kappa shape index (κ1) is 21.4. The van der Waals surface area contributed by atoms with Gasteiger partial charge in [0.15, 0.2) is 16.6 Å². The maximum atomic E-state index is 12.6. The van der Waals surface area contributed by atoms with Crippen LogP contribution in [-0.2, 0) is 0 Å². The molecule has 6 nitrogen and oxygen atoms in total. The Labute approximate surface area is 172 Å². The molecule has 0 atom stereocenters. The fraction of sp³-hybridized carbons (Fsp3) is 0.158. The lowest BCUT2D eigenvalue weighted by Crippen LogP contribution is -2.12. The van der Waals surface area contributed by atoms with Gasteiger partial charge < -0.3 is 14.2 Å². The summed E-state index contributed by atoms with van der Waals surface area (Å²) in [5, 5.41) is 4.33. The Morgan fingerprint density at radius 3 is 2.40 bits per heavy atom. The van der Waals surface area contributed by atoms with Gasteiger partial charge in [0, 0.05) is 16.5 Å². The standard InChI is InChI=1S/C19H14F4N2O4S/c1-27-15-8-10(6-7-14(15)29-18(22)23)16(26)25-19-24-12(9-30-19)11-4-2-3-5-13(11)28-17(20)21/h2-9,17-18H,1H3,(H,24,25,26). The Hall–Kier alpha value is -3.34. The van der Waals surface area contributed by atoms with Crippen LogP contribution in [0.1, 0.15) is 10.4 Å². The second-order valence-corrected chi connectivity index (χ2v) is 6.47. The summed E-state index contributed by atoms with van der Waals surface area (Å²) in [7, 11) is 1.25. The fourth-order valence-electron chi connectivity index (χ4n) is 2.50. The lowest BCUT2D eigenvalue weighted by molar-refractivity contribution is -0.0514. The lowest BCUT2D eigenvalue weighted by atomic mass is 10.1. The number of anilines is 1. The molecule has 0 radical (unpaired) electrons. The van der Waals surface area contributed by atoms with Crippen LogP contribution in [0.4, 0.5) is 22.7 Å². The highest BCUT2D eigenvalue weighted by molar-refractivity contribution is 7.14. The quantitative estimate of drug-likeness (QED) is 0.481. The number of hydrogen-bond acceptors (Lipinski definition) is 6. The average Bonchev–Trinajstić information content (AvgIpc) is 3.16. The minimum Gasteiger partial charge on any atom is -0.493 e. The number of amides is 1. The molecule has 3 rings (SSSR count). The van der Waals surface area contributed by atoms with Gasteiger partial charge in [-0.05, 0) is 30.3 Å². The van der Waals surface area contributed by atoms with Crippen molar-refractivity contribution in [3.63, 3.8) is 0 Å². The van der Waals surface area contributed by atoms with Gasteiger partial charge in [0.25, 0.3) is 5.91 Å². The SMILES string of the molecule is COc1cc(C(=O)Nc2nc(-c3ccccc3OC(F)F)cs2)ccc1OC(F)F. The van der Waals surface area contributed by atoms with Gasteiger partial charge in [0.2, 0.25) is 0 Å². The molecule has 11 heteroatoms. The Morgan fingerprint density at radius 2 is 1.70 bits per heavy atom. The Bertz CT molecular complexity index is 1030. The van der Waals surface area contributed by atoms with Crippen LogP contribution < -0.4 is 19.5 Å². The number of rotatable bonds is 8. The molecule has 0 unspecified atom stereocenters. The van der Waals surface area contributed by atoms with E-state index in [0.29, 0.717) is 11.3 Å². The van der Waals surface area contributed by atoms with E-state index >= 15 is 0 Å². The summed E-state index contributed by atoms with van der Waals surface area (Å²) in [6.07, 6.45) is 0. The van der Waals surface area contributed by atoms with E-state index in [9.17, 15) is 22.4 Å². The smallest absolute Gasteiger partial charge is 0.387 e. The van der Waals surface area contributed by atoms with Gasteiger partial charge in [-0.1, -0.05) is 12.1 Å². The molecular formula is C19H14F4N2O4S. The van der Waals surface area contributed by atoms with Gasteiger partial charge in [-0.3, -0.25) is 10.1 Å². The first-order valence-electron chi connectivity index (χ1n) is 8.31. The van der Waals surface area contributed by atoms with E-state index in [1.54, 1.807) is 23.6 Å². The largest absolute Gasteiger partial charge is 0.493 e. The Morgan fingerprint density at radius 1 is 1.00 bits per heavy atom. The van der Waals surface area contributed by atoms with Gasteiger partial charge in [-0.15, -0.1) is 11.3 Å². The second-order valence-electron chi connectivity index (χ2n) is 5.61. The first-order valence-corrected chi connectivity index (χ1v) is 9.19. The molecule has 158 valence electrons. The van der Waals surface area contributed by atoms with Gasteiger partial charge in [-0.25, -0.2) is 4.98 Å². The minimum atomic E-state index is -3.04. The highest BCUT2D eigenvalue weighted by Crippen LogP contribution is 2.34. The summed E-state index contributed by atoms with van der Waals surface area (Å²) in [4.78, 5) is 16.7. The summed E-state index contributed by atoms with van der Waals surface area (Å²) < 4.78 is 63.8. The normalized spacial score (nSPS) is 10.9. The molecule has 0 fully saturated rings. The third-order valence-corrected chi connectivity index (χ3v) is 4.50. The monoisotopic (exact) mass is 442 g/mol. The number of benzene rings is 2. The molecule has 0 saturated heterocycles. The van der Waals surface area contributed by atoms with E-state index in [0.717, 1.165) is 11.3 Å². The van der Waals surface area contributed by atoms with Gasteiger partial charge in [-0.2, -0.15) is 17.6 Å². The summed E-state index contributed by atoms with van der Waals surface area (Å²) >= 11 is 1.08. The minimum absolute atomic E-state index is 0.0409. The summed E-state index contributed by atoms with van der Waals surface area (Å²) in [5.74, 6) is -0.873. The number of methoxy groups -OCH3 is 1. The van der Waals surface area contributed by atoms with Crippen molar-refractivity contribution in [1.29, 1.82) is 0 Å². The van der Waals surface area contributed by atoms with Crippen molar-refractivity contribution in [2.45, 2.75) is 13.2 Å². The maximum absolute atomic E-state index is 12.6. The molecule has 0 aliphatic rings. The van der Waals surface area contributed by atoms with E-state index in [1.807, 2.05) is 0 Å². The van der Waals surface area contributed by atoms with Crippen LogP contribution in [-0.4, -0.2) is 31.2 Å². The number of aromatic nitrogens is 1. The van der Waals surface area contributed by atoms with Crippen molar-refractivity contribution in [3.8, 4) is 28.5 Å². The van der Waals surface area contributed by atoms with Crippen LogP contribution in [0.25, 0.3) is 11.3 Å². The molecule has 1 heterocycles. The topological polar surface area (TPSA) is 69.7 Å². The van der Waals surface area contributed by atoms with E-state index in [2.05, 4.69) is 19.8 Å². The van der Waals surface area contributed by atoms with E-state index in [1.165, 1.54) is 31.4 Å². The van der Waals surface area contributed by atoms with Crippen LogP contribution in [0.15, 0.2) is 47.8 Å². The number of hydrogen-bond donors (Lipinski definition) is 1. The zero-order valence-corrected chi connectivity index (χ0v) is 16.1. The number of carbonyl (C=O) groups excluding carboxylic acids is 1. The number of thiazole rings is 1. The molecule has 1 N–H and O–H groups in total. The molecule has 3 aromatic rings. The highest BCUT2D eigenvalue weighted by atomic mass is 32.1. The molecular weight excluding hydrogens is 428 g/mol. The molecule has 0 aliphatic carbocycles. The molecule has 0 saturated carbocycles. The zero-order chi connectivity index (χ0) is 21.7.